The maximum atomic E-state index is 9.90. The highest BCUT2D eigenvalue weighted by Crippen LogP contribution is 2.50. The first kappa shape index (κ1) is 16.8. The van der Waals surface area contributed by atoms with Crippen LogP contribution in [-0.4, -0.2) is 25.0 Å². The highest BCUT2D eigenvalue weighted by Gasteiger charge is 2.53. The zero-order chi connectivity index (χ0) is 18.0. The van der Waals surface area contributed by atoms with Gasteiger partial charge in [0, 0.05) is 24.9 Å². The van der Waals surface area contributed by atoms with Gasteiger partial charge in [0.15, 0.2) is 5.41 Å². The van der Waals surface area contributed by atoms with Gasteiger partial charge in [0.2, 0.25) is 0 Å². The van der Waals surface area contributed by atoms with Gasteiger partial charge in [-0.3, -0.25) is 0 Å². The normalized spacial score (nSPS) is 25.1. The van der Waals surface area contributed by atoms with Crippen molar-refractivity contribution in [3.05, 3.63) is 58.8 Å². The summed E-state index contributed by atoms with van der Waals surface area (Å²) in [5, 5.41) is 29.4. The molecule has 5 nitrogen and oxygen atoms in total. The van der Waals surface area contributed by atoms with Crippen molar-refractivity contribution in [2.24, 2.45) is 23.0 Å². The fraction of sp³-hybridized carbons (Fsp3) is 0.350. The molecule has 25 heavy (non-hydrogen) atoms. The first-order valence-corrected chi connectivity index (χ1v) is 8.23. The lowest BCUT2D eigenvalue weighted by Crippen LogP contribution is -2.49. The van der Waals surface area contributed by atoms with E-state index in [1.165, 1.54) is 0 Å². The molecular weight excluding hydrogens is 310 g/mol. The van der Waals surface area contributed by atoms with Crippen LogP contribution in [0.2, 0.25) is 0 Å². The molecule has 2 aliphatic rings. The summed E-state index contributed by atoms with van der Waals surface area (Å²) in [5.74, 6) is -0.365. The third-order valence-corrected chi connectivity index (χ3v) is 5.32. The molecule has 1 aliphatic carbocycles. The van der Waals surface area contributed by atoms with Crippen LogP contribution in [0.3, 0.4) is 0 Å². The molecule has 0 aromatic heterocycles. The van der Waals surface area contributed by atoms with Crippen molar-refractivity contribution in [1.82, 2.24) is 4.90 Å². The molecular formula is C20H19N5. The van der Waals surface area contributed by atoms with Crippen LogP contribution in [0.1, 0.15) is 5.56 Å². The zero-order valence-electron chi connectivity index (χ0n) is 14.1. The smallest absolute Gasteiger partial charge is 0.187 e. The highest BCUT2D eigenvalue weighted by atomic mass is 15.1. The number of rotatable bonds is 2. The lowest BCUT2D eigenvalue weighted by molar-refractivity contribution is 0.186. The van der Waals surface area contributed by atoms with Crippen LogP contribution in [0.15, 0.2) is 53.3 Å². The summed E-state index contributed by atoms with van der Waals surface area (Å²) in [5.41, 5.74) is 7.11. The molecule has 124 valence electrons. The molecule has 0 radical (unpaired) electrons. The Balaban J connectivity index is 2.19. The number of benzene rings is 1. The van der Waals surface area contributed by atoms with Gasteiger partial charge >= 0.3 is 0 Å². The van der Waals surface area contributed by atoms with Crippen molar-refractivity contribution in [3.8, 4) is 18.2 Å². The second-order valence-corrected chi connectivity index (χ2v) is 6.72. The highest BCUT2D eigenvalue weighted by molar-refractivity contribution is 5.56. The van der Waals surface area contributed by atoms with Gasteiger partial charge < -0.3 is 10.6 Å². The third-order valence-electron chi connectivity index (χ3n) is 5.32. The van der Waals surface area contributed by atoms with Crippen LogP contribution < -0.4 is 5.73 Å². The van der Waals surface area contributed by atoms with Gasteiger partial charge in [0.25, 0.3) is 0 Å². The van der Waals surface area contributed by atoms with Crippen LogP contribution in [0, 0.1) is 51.2 Å². The van der Waals surface area contributed by atoms with E-state index in [2.05, 4.69) is 23.1 Å². The van der Waals surface area contributed by atoms with E-state index in [1.54, 1.807) is 0 Å². The number of nitrogens with two attached hydrogens (primary N) is 1. The Morgan fingerprint density at radius 1 is 1.20 bits per heavy atom. The molecule has 1 aliphatic heterocycles. The van der Waals surface area contributed by atoms with Crippen molar-refractivity contribution in [2.45, 2.75) is 6.42 Å². The van der Waals surface area contributed by atoms with Crippen LogP contribution in [0.25, 0.3) is 0 Å². The van der Waals surface area contributed by atoms with Gasteiger partial charge in [-0.15, -0.1) is 0 Å². The van der Waals surface area contributed by atoms with E-state index in [9.17, 15) is 15.8 Å². The molecule has 2 atom stereocenters. The van der Waals surface area contributed by atoms with Crippen LogP contribution in [0.4, 0.5) is 0 Å². The molecule has 0 amide bonds. The van der Waals surface area contributed by atoms with Gasteiger partial charge in [0.05, 0.1) is 23.4 Å². The predicted molar refractivity (Wildman–Crippen MR) is 93.2 cm³/mol. The molecule has 0 saturated carbocycles. The maximum absolute atomic E-state index is 9.90. The third kappa shape index (κ3) is 2.58. The average molecular weight is 329 g/mol. The molecule has 5 heteroatoms. The predicted octanol–water partition coefficient (Wildman–Crippen LogP) is 2.12. The number of fused-ring (bicyclic) bond motifs is 1. The minimum absolute atomic E-state index is 0.0693. The first-order chi connectivity index (χ1) is 12.1. The Bertz CT molecular complexity index is 846. The van der Waals surface area contributed by atoms with E-state index in [1.807, 2.05) is 43.5 Å². The lowest BCUT2D eigenvalue weighted by Gasteiger charge is -2.45. The number of hydrogen-bond acceptors (Lipinski definition) is 5. The number of hydrogen-bond donors (Lipinski definition) is 1. The van der Waals surface area contributed by atoms with E-state index >= 15 is 0 Å². The Kier molecular flexibility index (Phi) is 4.32. The van der Waals surface area contributed by atoms with Gasteiger partial charge in [-0.25, -0.2) is 0 Å². The largest absolute Gasteiger partial charge is 0.399 e. The summed E-state index contributed by atoms with van der Waals surface area (Å²) in [6.07, 6.45) is 2.58. The summed E-state index contributed by atoms with van der Waals surface area (Å²) < 4.78 is 0. The Morgan fingerprint density at radius 3 is 2.48 bits per heavy atom. The van der Waals surface area contributed by atoms with Crippen molar-refractivity contribution in [3.63, 3.8) is 0 Å². The van der Waals surface area contributed by atoms with Crippen molar-refractivity contribution in [1.29, 1.82) is 15.8 Å². The summed E-state index contributed by atoms with van der Waals surface area (Å²) in [4.78, 5) is 2.14. The number of nitrogens with zero attached hydrogens (tertiary/aromatic N) is 4. The van der Waals surface area contributed by atoms with Crippen LogP contribution >= 0.6 is 0 Å². The van der Waals surface area contributed by atoms with E-state index in [0.29, 0.717) is 18.5 Å². The molecule has 1 aromatic carbocycles. The SMILES string of the molecule is CN1CC=C2C(C#N)=C(N)C(C#N)(C#N)[C@@H](Cc3ccccc3)[C@H]2C1. The van der Waals surface area contributed by atoms with Crippen molar-refractivity contribution >= 4 is 0 Å². The fourth-order valence-electron chi connectivity index (χ4n) is 4.00. The molecule has 0 saturated heterocycles. The van der Waals surface area contributed by atoms with Gasteiger partial charge in [-0.1, -0.05) is 36.4 Å². The van der Waals surface area contributed by atoms with Crippen LogP contribution in [0.5, 0.6) is 0 Å². The van der Waals surface area contributed by atoms with E-state index in [4.69, 9.17) is 5.73 Å². The summed E-state index contributed by atoms with van der Waals surface area (Å²) in [7, 11) is 2.00. The molecule has 2 N–H and O–H groups in total. The molecule has 0 fully saturated rings. The molecule has 1 aromatic rings. The molecule has 0 bridgehead atoms. The van der Waals surface area contributed by atoms with Gasteiger partial charge in [-0.2, -0.15) is 15.8 Å². The Hall–Kier alpha value is -3.07. The van der Waals surface area contributed by atoms with E-state index in [0.717, 1.165) is 17.7 Å². The zero-order valence-corrected chi connectivity index (χ0v) is 14.1. The molecule has 0 unspecified atom stereocenters. The number of nitriles is 3. The number of likely N-dealkylation sites (N-methyl/N-ethyl adjacent to an activating group) is 1. The quantitative estimate of drug-likeness (QED) is 0.895. The van der Waals surface area contributed by atoms with Gasteiger partial charge in [-0.05, 0) is 24.6 Å². The summed E-state index contributed by atoms with van der Waals surface area (Å²) in [6, 6.07) is 16.3. The summed E-state index contributed by atoms with van der Waals surface area (Å²) >= 11 is 0. The first-order valence-electron chi connectivity index (χ1n) is 8.23. The van der Waals surface area contributed by atoms with Crippen molar-refractivity contribution < 1.29 is 0 Å². The monoisotopic (exact) mass is 329 g/mol. The minimum atomic E-state index is -1.49. The molecule has 0 spiro atoms. The average Bonchev–Trinajstić information content (AvgIpc) is 2.64. The number of allylic oxidation sites excluding steroid dienone is 2. The Morgan fingerprint density at radius 2 is 1.88 bits per heavy atom. The second kappa shape index (κ2) is 6.44. The lowest BCUT2D eigenvalue weighted by atomic mass is 9.58. The van der Waals surface area contributed by atoms with E-state index in [-0.39, 0.29) is 17.5 Å². The van der Waals surface area contributed by atoms with Crippen molar-refractivity contribution in [2.75, 3.05) is 20.1 Å². The molecule has 3 rings (SSSR count). The fourth-order valence-corrected chi connectivity index (χ4v) is 4.00. The summed E-state index contributed by atoms with van der Waals surface area (Å²) in [6.45, 7) is 1.43. The van der Waals surface area contributed by atoms with Crippen LogP contribution in [-0.2, 0) is 6.42 Å². The minimum Gasteiger partial charge on any atom is -0.399 e. The van der Waals surface area contributed by atoms with E-state index < -0.39 is 5.41 Å². The standard InChI is InChI=1S/C20H19N5/c1-25-8-7-15-16(10-21)19(24)20(12-22,13-23)18(17(15)11-25)9-14-5-3-2-4-6-14/h2-7,17-18H,8-9,11,24H2,1H3/t17-,18-/m0/s1. The topological polar surface area (TPSA) is 101 Å². The second-order valence-electron chi connectivity index (χ2n) is 6.72. The molecule has 1 heterocycles. The Labute approximate surface area is 147 Å². The van der Waals surface area contributed by atoms with Gasteiger partial charge in [0.1, 0.15) is 6.07 Å². The maximum Gasteiger partial charge on any atom is 0.187 e.